The Labute approximate surface area is 221 Å². The van der Waals surface area contributed by atoms with E-state index in [2.05, 4.69) is 36.6 Å². The molecule has 3 rings (SSSR count). The van der Waals surface area contributed by atoms with Crippen LogP contribution in [-0.2, 0) is 4.74 Å². The summed E-state index contributed by atoms with van der Waals surface area (Å²) in [5.74, 6) is -0.297. The van der Waals surface area contributed by atoms with Crippen molar-refractivity contribution in [1.29, 1.82) is 0 Å². The molecule has 0 fully saturated rings. The number of alkyl halides is 3. The van der Waals surface area contributed by atoms with E-state index in [9.17, 15) is 9.59 Å². The van der Waals surface area contributed by atoms with Crippen LogP contribution in [-0.4, -0.2) is 37.2 Å². The van der Waals surface area contributed by atoms with Gasteiger partial charge >= 0.3 is 6.09 Å². The van der Waals surface area contributed by atoms with Crippen molar-refractivity contribution in [2.75, 3.05) is 17.2 Å². The predicted octanol–water partition coefficient (Wildman–Crippen LogP) is 6.82. The third-order valence-corrected chi connectivity index (χ3v) is 5.22. The van der Waals surface area contributed by atoms with Crippen molar-refractivity contribution >= 4 is 97.3 Å². The molecular weight excluding hydrogens is 603 g/mol. The van der Waals surface area contributed by atoms with E-state index >= 15 is 0 Å². The van der Waals surface area contributed by atoms with Gasteiger partial charge in [0, 0.05) is 17.3 Å². The number of amides is 2. The second-order valence-corrected chi connectivity index (χ2v) is 10.7. The average molecular weight is 617 g/mol. The molecule has 0 bridgehead atoms. The first-order valence-corrected chi connectivity index (χ1v) is 11.6. The lowest BCUT2D eigenvalue weighted by molar-refractivity contribution is 0.101. The summed E-state index contributed by atoms with van der Waals surface area (Å²) in [5.41, 5.74) is 1.13. The van der Waals surface area contributed by atoms with E-state index in [1.165, 1.54) is 23.0 Å². The van der Waals surface area contributed by atoms with Gasteiger partial charge in [-0.15, -0.1) is 0 Å². The molecule has 2 amide bonds. The summed E-state index contributed by atoms with van der Waals surface area (Å²) >= 11 is 32.4. The fraction of sp³-hybridized carbons (Fsp3) is 0.158. The van der Waals surface area contributed by atoms with Crippen LogP contribution in [0.3, 0.4) is 0 Å². The molecule has 0 unspecified atom stereocenters. The van der Waals surface area contributed by atoms with Crippen molar-refractivity contribution in [2.24, 2.45) is 0 Å². The lowest BCUT2D eigenvalue weighted by atomic mass is 10.1. The molecule has 174 valence electrons. The lowest BCUT2D eigenvalue weighted by Gasteiger charge is -2.17. The highest BCUT2D eigenvalue weighted by molar-refractivity contribution is 9.10. The van der Waals surface area contributed by atoms with Gasteiger partial charge in [0.25, 0.3) is 5.91 Å². The number of carbonyl (C=O) groups excluding carboxylic acids is 2. The number of rotatable bonds is 5. The minimum atomic E-state index is -1.78. The lowest BCUT2D eigenvalue weighted by Crippen LogP contribution is -2.23. The molecule has 2 heterocycles. The highest BCUT2D eigenvalue weighted by Crippen LogP contribution is 2.32. The van der Waals surface area contributed by atoms with Crippen molar-refractivity contribution in [3.8, 4) is 5.82 Å². The third kappa shape index (κ3) is 6.88. The zero-order valence-electron chi connectivity index (χ0n) is 16.5. The summed E-state index contributed by atoms with van der Waals surface area (Å²) in [7, 11) is 0. The standard InChI is InChI=1S/C19H13BrCl5N5O3/c1-9-5-10(21)6-12(27-18(32)33-8-19(23,24)25)15(9)28-17(31)13-7-14(20)29-30(13)16-11(22)3-2-4-26-16/h2-7H,8H2,1H3,(H,27,32)(H,28,31). The van der Waals surface area contributed by atoms with Gasteiger partial charge in [-0.05, 0) is 52.7 Å². The molecule has 2 N–H and O–H groups in total. The number of nitrogens with one attached hydrogen (secondary N) is 2. The van der Waals surface area contributed by atoms with E-state index in [0.717, 1.165) is 0 Å². The van der Waals surface area contributed by atoms with Crippen molar-refractivity contribution in [3.63, 3.8) is 0 Å². The largest absolute Gasteiger partial charge is 0.445 e. The van der Waals surface area contributed by atoms with Gasteiger partial charge < -0.3 is 10.1 Å². The van der Waals surface area contributed by atoms with E-state index in [1.807, 2.05) is 0 Å². The Morgan fingerprint density at radius 2 is 1.91 bits per heavy atom. The first-order valence-electron chi connectivity index (χ1n) is 8.93. The molecule has 3 aromatic rings. The van der Waals surface area contributed by atoms with Gasteiger partial charge in [0.2, 0.25) is 3.79 Å². The molecule has 0 atom stereocenters. The number of benzene rings is 1. The number of aryl methyl sites for hydroxylation is 1. The number of hydrogen-bond acceptors (Lipinski definition) is 5. The van der Waals surface area contributed by atoms with Gasteiger partial charge in [-0.2, -0.15) is 5.10 Å². The van der Waals surface area contributed by atoms with Gasteiger partial charge in [0.1, 0.15) is 16.9 Å². The van der Waals surface area contributed by atoms with E-state index in [0.29, 0.717) is 20.2 Å². The van der Waals surface area contributed by atoms with E-state index < -0.39 is 22.4 Å². The molecule has 14 heteroatoms. The Kier molecular flexibility index (Phi) is 8.36. The van der Waals surface area contributed by atoms with E-state index in [-0.39, 0.29) is 22.9 Å². The Morgan fingerprint density at radius 3 is 2.58 bits per heavy atom. The van der Waals surface area contributed by atoms with Crippen LogP contribution in [0.5, 0.6) is 0 Å². The van der Waals surface area contributed by atoms with Crippen LogP contribution in [0.25, 0.3) is 5.82 Å². The maximum Gasteiger partial charge on any atom is 0.411 e. The third-order valence-electron chi connectivity index (χ3n) is 3.99. The van der Waals surface area contributed by atoms with Crippen LogP contribution < -0.4 is 10.6 Å². The Morgan fingerprint density at radius 1 is 1.18 bits per heavy atom. The average Bonchev–Trinajstić information content (AvgIpc) is 3.10. The number of pyridine rings is 1. The zero-order valence-corrected chi connectivity index (χ0v) is 21.9. The van der Waals surface area contributed by atoms with Crippen LogP contribution in [0, 0.1) is 6.92 Å². The minimum absolute atomic E-state index is 0.126. The van der Waals surface area contributed by atoms with E-state index in [4.69, 9.17) is 62.7 Å². The highest BCUT2D eigenvalue weighted by atomic mass is 79.9. The summed E-state index contributed by atoms with van der Waals surface area (Å²) in [5, 5.41) is 10.1. The number of carbonyl (C=O) groups is 2. The van der Waals surface area contributed by atoms with Crippen molar-refractivity contribution in [3.05, 3.63) is 62.4 Å². The van der Waals surface area contributed by atoms with Crippen molar-refractivity contribution < 1.29 is 14.3 Å². The van der Waals surface area contributed by atoms with Gasteiger partial charge in [0.15, 0.2) is 5.82 Å². The zero-order chi connectivity index (χ0) is 24.3. The van der Waals surface area contributed by atoms with Gasteiger partial charge in [0.05, 0.1) is 16.4 Å². The number of aromatic nitrogens is 3. The molecule has 0 aliphatic carbocycles. The molecule has 0 radical (unpaired) electrons. The molecular formula is C19H13BrCl5N5O3. The molecule has 0 saturated heterocycles. The summed E-state index contributed by atoms with van der Waals surface area (Å²) < 4.78 is 4.77. The van der Waals surface area contributed by atoms with Crippen LogP contribution in [0.4, 0.5) is 16.2 Å². The smallest absolute Gasteiger partial charge is 0.411 e. The number of ether oxygens (including phenoxy) is 1. The molecule has 1 aromatic carbocycles. The molecule has 0 aliphatic rings. The number of anilines is 2. The summed E-state index contributed by atoms with van der Waals surface area (Å²) in [6, 6.07) is 7.81. The van der Waals surface area contributed by atoms with E-state index in [1.54, 1.807) is 25.1 Å². The highest BCUT2D eigenvalue weighted by Gasteiger charge is 2.24. The minimum Gasteiger partial charge on any atom is -0.445 e. The van der Waals surface area contributed by atoms with Crippen molar-refractivity contribution in [1.82, 2.24) is 14.8 Å². The van der Waals surface area contributed by atoms with Crippen LogP contribution >= 0.6 is 73.9 Å². The number of halogens is 6. The number of nitrogens with zero attached hydrogens (tertiary/aromatic N) is 3. The quantitative estimate of drug-likeness (QED) is 0.307. The number of hydrogen-bond donors (Lipinski definition) is 2. The molecule has 8 nitrogen and oxygen atoms in total. The van der Waals surface area contributed by atoms with Crippen LogP contribution in [0.15, 0.2) is 41.1 Å². The molecule has 0 saturated carbocycles. The van der Waals surface area contributed by atoms with Gasteiger partial charge in [-0.3, -0.25) is 10.1 Å². The maximum absolute atomic E-state index is 13.2. The fourth-order valence-corrected chi connectivity index (χ4v) is 3.70. The second kappa shape index (κ2) is 10.7. The molecule has 33 heavy (non-hydrogen) atoms. The first-order chi connectivity index (χ1) is 15.4. The maximum atomic E-state index is 13.2. The normalized spacial score (nSPS) is 11.2. The topological polar surface area (TPSA) is 98.1 Å². The summed E-state index contributed by atoms with van der Waals surface area (Å²) in [6.07, 6.45) is 0.610. The Hall–Kier alpha value is -1.75. The van der Waals surface area contributed by atoms with Gasteiger partial charge in [-0.25, -0.2) is 14.5 Å². The van der Waals surface area contributed by atoms with Crippen LogP contribution in [0.2, 0.25) is 10.0 Å². The molecule has 0 aliphatic heterocycles. The Balaban J connectivity index is 1.91. The summed E-state index contributed by atoms with van der Waals surface area (Å²) in [6.45, 7) is 1.21. The monoisotopic (exact) mass is 613 g/mol. The predicted molar refractivity (Wildman–Crippen MR) is 133 cm³/mol. The Bertz CT molecular complexity index is 1220. The summed E-state index contributed by atoms with van der Waals surface area (Å²) in [4.78, 5) is 29.5. The van der Waals surface area contributed by atoms with Crippen LogP contribution in [0.1, 0.15) is 16.1 Å². The molecule has 0 spiro atoms. The first kappa shape index (κ1) is 25.9. The fourth-order valence-electron chi connectivity index (χ4n) is 2.69. The SMILES string of the molecule is Cc1cc(Cl)cc(NC(=O)OCC(Cl)(Cl)Cl)c1NC(=O)c1cc(Br)nn1-c1ncccc1Cl. The van der Waals surface area contributed by atoms with Crippen molar-refractivity contribution in [2.45, 2.75) is 10.7 Å². The second-order valence-electron chi connectivity index (χ2n) is 6.49. The van der Waals surface area contributed by atoms with Gasteiger partial charge in [-0.1, -0.05) is 58.0 Å². The molecule has 2 aromatic heterocycles.